The molecule has 2 bridgehead atoms. The zero-order valence-electron chi connectivity index (χ0n) is 22.4. The fourth-order valence-corrected chi connectivity index (χ4v) is 11.1. The number of hydrogen-bond donors (Lipinski definition) is 2. The van der Waals surface area contributed by atoms with E-state index in [9.17, 15) is 19.8 Å². The number of rotatable bonds is 1. The molecule has 7 aliphatic rings. The average Bonchev–Trinajstić information content (AvgIpc) is 2.78. The van der Waals surface area contributed by atoms with Crippen molar-refractivity contribution in [2.24, 2.45) is 56.7 Å². The summed E-state index contributed by atoms with van der Waals surface area (Å²) in [5.41, 5.74) is -0.679. The molecule has 2 heterocycles. The summed E-state index contributed by atoms with van der Waals surface area (Å²) >= 11 is 0. The van der Waals surface area contributed by atoms with E-state index in [1.165, 1.54) is 0 Å². The van der Waals surface area contributed by atoms with Gasteiger partial charge in [0.2, 0.25) is 0 Å². The highest BCUT2D eigenvalue weighted by atomic mass is 16.6. The second-order valence-corrected chi connectivity index (χ2v) is 14.6. The molecule has 1 spiro atoms. The molecule has 6 fully saturated rings. The Morgan fingerprint density at radius 1 is 1.00 bits per heavy atom. The van der Waals surface area contributed by atoms with Crippen LogP contribution in [0.5, 0.6) is 0 Å². The van der Waals surface area contributed by atoms with E-state index < -0.39 is 22.6 Å². The van der Waals surface area contributed by atoms with Gasteiger partial charge in [-0.1, -0.05) is 47.1 Å². The van der Waals surface area contributed by atoms with Crippen LogP contribution in [-0.4, -0.2) is 34.4 Å². The van der Waals surface area contributed by atoms with Crippen molar-refractivity contribution < 1.29 is 24.5 Å². The van der Waals surface area contributed by atoms with E-state index in [1.807, 2.05) is 6.08 Å². The van der Waals surface area contributed by atoms with Gasteiger partial charge in [0.25, 0.3) is 0 Å². The number of fused-ring (bicyclic) bond motifs is 7. The maximum absolute atomic E-state index is 14.4. The van der Waals surface area contributed by atoms with Crippen LogP contribution in [0.2, 0.25) is 0 Å². The third kappa shape index (κ3) is 2.49. The molecule has 0 amide bonds. The monoisotopic (exact) mass is 484 g/mol. The molecular weight excluding hydrogens is 440 g/mol. The first-order valence-corrected chi connectivity index (χ1v) is 14.1. The Labute approximate surface area is 210 Å². The molecule has 35 heavy (non-hydrogen) atoms. The number of allylic oxidation sites excluding steroid dienone is 2. The number of aliphatic carboxylic acids is 1. The van der Waals surface area contributed by atoms with Crippen LogP contribution in [0, 0.1) is 56.7 Å². The highest BCUT2D eigenvalue weighted by molar-refractivity contribution is 5.96. The summed E-state index contributed by atoms with van der Waals surface area (Å²) in [4.78, 5) is 27.2. The molecule has 2 saturated heterocycles. The zero-order valence-corrected chi connectivity index (χ0v) is 22.4. The van der Waals surface area contributed by atoms with Crippen molar-refractivity contribution in [3.8, 4) is 0 Å². The maximum Gasteiger partial charge on any atom is 0.310 e. The molecule has 2 N–H and O–H groups in total. The third-order valence-corrected chi connectivity index (χ3v) is 13.6. The third-order valence-electron chi connectivity index (χ3n) is 13.6. The van der Waals surface area contributed by atoms with Crippen molar-refractivity contribution in [3.05, 3.63) is 11.6 Å². The molecule has 5 heteroatoms. The van der Waals surface area contributed by atoms with Crippen LogP contribution >= 0.6 is 0 Å². The van der Waals surface area contributed by atoms with Crippen LogP contribution in [0.15, 0.2) is 11.6 Å². The molecule has 194 valence electrons. The first kappa shape index (κ1) is 24.2. The van der Waals surface area contributed by atoms with E-state index in [0.29, 0.717) is 31.8 Å². The van der Waals surface area contributed by atoms with Crippen LogP contribution in [0.4, 0.5) is 0 Å². The predicted octanol–water partition coefficient (Wildman–Crippen LogP) is 5.61. The van der Waals surface area contributed by atoms with Crippen molar-refractivity contribution in [2.75, 3.05) is 6.61 Å². The number of carboxylic acid groups (broad SMARTS) is 1. The molecule has 5 nitrogen and oxygen atoms in total. The summed E-state index contributed by atoms with van der Waals surface area (Å²) in [6.45, 7) is 13.9. The van der Waals surface area contributed by atoms with E-state index in [-0.39, 0.29) is 45.7 Å². The Hall–Kier alpha value is -1.20. The number of carbonyl (C=O) groups excluding carboxylic acids is 1. The van der Waals surface area contributed by atoms with Crippen LogP contribution in [0.1, 0.15) is 92.9 Å². The van der Waals surface area contributed by atoms with Crippen LogP contribution in [-0.2, 0) is 14.3 Å². The van der Waals surface area contributed by atoms with Crippen molar-refractivity contribution in [3.63, 3.8) is 0 Å². The summed E-state index contributed by atoms with van der Waals surface area (Å²) in [6, 6.07) is 0. The van der Waals surface area contributed by atoms with Crippen molar-refractivity contribution in [1.29, 1.82) is 0 Å². The lowest BCUT2D eigenvalue weighted by atomic mass is 9.32. The minimum Gasteiger partial charge on any atom is -0.481 e. The van der Waals surface area contributed by atoms with Gasteiger partial charge in [0.15, 0.2) is 11.6 Å². The van der Waals surface area contributed by atoms with Crippen LogP contribution < -0.4 is 0 Å². The number of aliphatic hydroxyl groups is 1. The van der Waals surface area contributed by atoms with Gasteiger partial charge in [0, 0.05) is 23.2 Å². The van der Waals surface area contributed by atoms with E-state index in [1.54, 1.807) is 0 Å². The average molecular weight is 485 g/mol. The molecule has 0 aromatic rings. The van der Waals surface area contributed by atoms with Gasteiger partial charge in [-0.25, -0.2) is 0 Å². The molecule has 2 aliphatic heterocycles. The molecule has 10 unspecified atom stereocenters. The number of carboxylic acids is 1. The lowest BCUT2D eigenvalue weighted by Crippen LogP contribution is -2.74. The summed E-state index contributed by atoms with van der Waals surface area (Å²) in [5.74, 6) is -0.837. The van der Waals surface area contributed by atoms with Crippen molar-refractivity contribution in [2.45, 2.75) is 98.7 Å². The zero-order chi connectivity index (χ0) is 25.4. The molecule has 7 rings (SSSR count). The maximum atomic E-state index is 14.4. The summed E-state index contributed by atoms with van der Waals surface area (Å²) < 4.78 is 6.22. The normalized spacial score (nSPS) is 56.3. The molecule has 10 atom stereocenters. The first-order chi connectivity index (χ1) is 16.2. The van der Waals surface area contributed by atoms with Gasteiger partial charge >= 0.3 is 5.97 Å². The second-order valence-electron chi connectivity index (χ2n) is 14.6. The summed E-state index contributed by atoms with van der Waals surface area (Å²) in [6.07, 6.45) is 8.49. The fourth-order valence-electron chi connectivity index (χ4n) is 11.1. The highest BCUT2D eigenvalue weighted by Gasteiger charge is 2.76. The Balaban J connectivity index is 1.52. The quantitative estimate of drug-likeness (QED) is 0.506. The van der Waals surface area contributed by atoms with Crippen LogP contribution in [0.3, 0.4) is 0 Å². The highest BCUT2D eigenvalue weighted by Crippen LogP contribution is 2.77. The fraction of sp³-hybridized carbons (Fsp3) is 0.867. The first-order valence-electron chi connectivity index (χ1n) is 14.1. The van der Waals surface area contributed by atoms with Gasteiger partial charge in [-0.2, -0.15) is 0 Å². The van der Waals surface area contributed by atoms with Gasteiger partial charge in [-0.05, 0) is 85.5 Å². The van der Waals surface area contributed by atoms with E-state index in [0.717, 1.165) is 37.7 Å². The molecule has 5 aliphatic carbocycles. The van der Waals surface area contributed by atoms with Gasteiger partial charge in [-0.15, -0.1) is 0 Å². The minimum absolute atomic E-state index is 0.0741. The number of ether oxygens (including phenoxy) is 1. The standard InChI is InChI=1S/C30H44O5/c1-17-7-10-28(24(32)33)12-11-26(5)19(22(28)18(17)2)15-20(31)23-27(26,6)9-8-21-25(3,4)30(34)14-13-29(21,23)16-35-30/h15,17-18,21-23,34H,7-14,16H2,1-6H3,(H,32,33). The van der Waals surface area contributed by atoms with Crippen molar-refractivity contribution in [1.82, 2.24) is 0 Å². The van der Waals surface area contributed by atoms with E-state index >= 15 is 0 Å². The number of carbonyl (C=O) groups is 2. The molecule has 4 saturated carbocycles. The van der Waals surface area contributed by atoms with E-state index in [4.69, 9.17) is 4.74 Å². The second kappa shape index (κ2) is 6.81. The van der Waals surface area contributed by atoms with E-state index in [2.05, 4.69) is 41.5 Å². The molecule has 0 aromatic heterocycles. The minimum atomic E-state index is -1.10. The Bertz CT molecular complexity index is 1020. The summed E-state index contributed by atoms with van der Waals surface area (Å²) in [5, 5.41) is 21.9. The topological polar surface area (TPSA) is 83.8 Å². The lowest BCUT2D eigenvalue weighted by molar-refractivity contribution is -0.391. The summed E-state index contributed by atoms with van der Waals surface area (Å²) in [7, 11) is 0. The molecule has 0 radical (unpaired) electrons. The lowest BCUT2D eigenvalue weighted by Gasteiger charge is -2.74. The van der Waals surface area contributed by atoms with Gasteiger partial charge in [0.05, 0.1) is 12.0 Å². The predicted molar refractivity (Wildman–Crippen MR) is 132 cm³/mol. The Morgan fingerprint density at radius 3 is 2.34 bits per heavy atom. The van der Waals surface area contributed by atoms with Crippen LogP contribution in [0.25, 0.3) is 0 Å². The van der Waals surface area contributed by atoms with Crippen molar-refractivity contribution >= 4 is 11.8 Å². The number of hydrogen-bond acceptors (Lipinski definition) is 4. The van der Waals surface area contributed by atoms with Gasteiger partial charge < -0.3 is 14.9 Å². The molecule has 0 aromatic carbocycles. The van der Waals surface area contributed by atoms with Gasteiger partial charge in [-0.3, -0.25) is 9.59 Å². The smallest absolute Gasteiger partial charge is 0.310 e. The SMILES string of the molecule is CC1CCC2(C(=O)O)CCC3(C)C(=CC(=O)C4C56CCC(O)(OC5)C(C)(C)C6CCC43C)C2C1C. The largest absolute Gasteiger partial charge is 0.481 e. The Morgan fingerprint density at radius 2 is 1.71 bits per heavy atom. The Kier molecular flexibility index (Phi) is 4.70. The number of ketones is 1. The van der Waals surface area contributed by atoms with Gasteiger partial charge in [0.1, 0.15) is 0 Å². The molecular formula is C30H44O5.